The summed E-state index contributed by atoms with van der Waals surface area (Å²) in [5.41, 5.74) is -1.01. The second-order valence-corrected chi connectivity index (χ2v) is 7.19. The zero-order valence-corrected chi connectivity index (χ0v) is 16.9. The molecule has 0 radical (unpaired) electrons. The lowest BCUT2D eigenvalue weighted by molar-refractivity contribution is -0.384. The van der Waals surface area contributed by atoms with Crippen molar-refractivity contribution in [3.8, 4) is 17.2 Å². The van der Waals surface area contributed by atoms with Crippen molar-refractivity contribution in [2.24, 2.45) is 0 Å². The molecule has 166 valence electrons. The summed E-state index contributed by atoms with van der Waals surface area (Å²) in [6.07, 6.45) is -4.32. The number of non-ortho nitro benzene ring substituents is 1. The summed E-state index contributed by atoms with van der Waals surface area (Å²) < 4.78 is 43.4. The Bertz CT molecular complexity index is 957. The minimum Gasteiger partial charge on any atom is -0.459 e. The van der Waals surface area contributed by atoms with Crippen LogP contribution in [0.3, 0.4) is 0 Å². The lowest BCUT2D eigenvalue weighted by atomic mass is 10.2. The maximum atomic E-state index is 14.2. The fourth-order valence-electron chi connectivity index (χ4n) is 2.20. The van der Waals surface area contributed by atoms with E-state index in [2.05, 4.69) is 4.74 Å². The number of nitro groups is 1. The number of rotatable bonds is 8. The normalized spacial score (nSPS) is 11.4. The van der Waals surface area contributed by atoms with E-state index in [1.165, 1.54) is 42.5 Å². The molecule has 31 heavy (non-hydrogen) atoms. The number of hydrogen-bond donors (Lipinski definition) is 1. The van der Waals surface area contributed by atoms with E-state index >= 15 is 0 Å². The average Bonchev–Trinajstić information content (AvgIpc) is 2.66. The first kappa shape index (κ1) is 23.5. The first-order valence-corrected chi connectivity index (χ1v) is 8.96. The molecule has 0 aliphatic carbocycles. The van der Waals surface area contributed by atoms with Gasteiger partial charge in [0, 0.05) is 12.1 Å². The quantitative estimate of drug-likeness (QED) is 0.378. The van der Waals surface area contributed by atoms with Crippen molar-refractivity contribution in [2.45, 2.75) is 32.5 Å². The summed E-state index contributed by atoms with van der Waals surface area (Å²) in [5.74, 6) is -3.23. The van der Waals surface area contributed by atoms with Gasteiger partial charge >= 0.3 is 18.0 Å². The average molecular weight is 438 g/mol. The van der Waals surface area contributed by atoms with E-state index in [4.69, 9.17) is 9.47 Å². The zero-order chi connectivity index (χ0) is 23.2. The smallest absolute Gasteiger partial charge is 0.459 e. The lowest BCUT2D eigenvalue weighted by Crippen LogP contribution is -2.46. The molecule has 2 rings (SSSR count). The van der Waals surface area contributed by atoms with Gasteiger partial charge in [-0.15, -0.1) is 0 Å². The van der Waals surface area contributed by atoms with Gasteiger partial charge in [0.1, 0.15) is 17.9 Å². The van der Waals surface area contributed by atoms with Gasteiger partial charge in [0.15, 0.2) is 11.5 Å². The second-order valence-electron chi connectivity index (χ2n) is 7.19. The van der Waals surface area contributed by atoms with Gasteiger partial charge in [-0.25, -0.2) is 0 Å². The van der Waals surface area contributed by atoms with Crippen LogP contribution in [0.2, 0.25) is 0 Å². The highest BCUT2D eigenvalue weighted by atomic mass is 19.3. The van der Waals surface area contributed by atoms with Gasteiger partial charge in [0.05, 0.1) is 4.92 Å². The number of halogens is 2. The largest absolute Gasteiger partial charge is 0.482 e. The second kappa shape index (κ2) is 9.37. The van der Waals surface area contributed by atoms with Crippen LogP contribution in [-0.4, -0.2) is 35.1 Å². The van der Waals surface area contributed by atoms with Crippen LogP contribution < -0.4 is 14.8 Å². The fraction of sp³-hybridized carbons (Fsp3) is 0.300. The molecule has 0 heterocycles. The maximum Gasteiger partial charge on any atom is 0.482 e. The third kappa shape index (κ3) is 7.21. The number of nitro benzene ring substituents is 1. The molecule has 0 unspecified atom stereocenters. The van der Waals surface area contributed by atoms with Crippen molar-refractivity contribution >= 4 is 17.6 Å². The first-order chi connectivity index (χ1) is 14.4. The molecule has 0 saturated carbocycles. The molecule has 0 fully saturated rings. The molecule has 0 aliphatic heterocycles. The molecule has 11 heteroatoms. The van der Waals surface area contributed by atoms with Crippen molar-refractivity contribution in [1.82, 2.24) is 5.32 Å². The van der Waals surface area contributed by atoms with E-state index in [1.54, 1.807) is 26.1 Å². The minimum absolute atomic E-state index is 0.124. The third-order valence-corrected chi connectivity index (χ3v) is 3.44. The van der Waals surface area contributed by atoms with Crippen LogP contribution in [0, 0.1) is 10.1 Å². The first-order valence-electron chi connectivity index (χ1n) is 8.96. The summed E-state index contributed by atoms with van der Waals surface area (Å²) in [7, 11) is 0. The molecule has 2 aromatic carbocycles. The Kier molecular flexibility index (Phi) is 7.11. The van der Waals surface area contributed by atoms with E-state index in [9.17, 15) is 28.5 Å². The number of esters is 1. The number of benzene rings is 2. The number of ether oxygens (including phenoxy) is 3. The summed E-state index contributed by atoms with van der Waals surface area (Å²) >= 11 is 0. The van der Waals surface area contributed by atoms with Gasteiger partial charge in [-0.2, -0.15) is 8.78 Å². The number of nitrogens with one attached hydrogen (secondary N) is 1. The van der Waals surface area contributed by atoms with E-state index in [1.807, 2.05) is 0 Å². The van der Waals surface area contributed by atoms with E-state index in [-0.39, 0.29) is 17.2 Å². The minimum atomic E-state index is -4.32. The van der Waals surface area contributed by atoms with E-state index < -0.39 is 40.8 Å². The standard InChI is InChI=1S/C20H20F2N2O7/c1-19(2,3)31-17(25)12-23-18(26)20(21,22)30-16-7-5-4-6-15(16)29-14-10-8-13(9-11-14)24(27)28/h4-11H,12H2,1-3H3,(H,23,26). The lowest BCUT2D eigenvalue weighted by Gasteiger charge is -2.21. The molecule has 1 amide bonds. The predicted molar refractivity (Wildman–Crippen MR) is 104 cm³/mol. The molecular weight excluding hydrogens is 418 g/mol. The predicted octanol–water partition coefficient (Wildman–Crippen LogP) is 3.82. The van der Waals surface area contributed by atoms with E-state index in [0.29, 0.717) is 0 Å². The van der Waals surface area contributed by atoms with Crippen LogP contribution in [0.25, 0.3) is 0 Å². The number of hydrogen-bond acceptors (Lipinski definition) is 7. The highest BCUT2D eigenvalue weighted by Gasteiger charge is 2.43. The molecule has 0 aliphatic rings. The van der Waals surface area contributed by atoms with Crippen LogP contribution in [0.1, 0.15) is 20.8 Å². The van der Waals surface area contributed by atoms with Gasteiger partial charge in [-0.1, -0.05) is 12.1 Å². The summed E-state index contributed by atoms with van der Waals surface area (Å²) in [6.45, 7) is 4.00. The number of amides is 1. The van der Waals surface area contributed by atoms with Crippen LogP contribution in [0.5, 0.6) is 17.2 Å². The molecule has 0 bridgehead atoms. The molecule has 9 nitrogen and oxygen atoms in total. The van der Waals surface area contributed by atoms with Gasteiger partial charge in [0.25, 0.3) is 5.69 Å². The molecule has 0 saturated heterocycles. The molecule has 2 aromatic rings. The van der Waals surface area contributed by atoms with Crippen LogP contribution >= 0.6 is 0 Å². The molecule has 0 aromatic heterocycles. The zero-order valence-electron chi connectivity index (χ0n) is 16.9. The topological polar surface area (TPSA) is 117 Å². The molecule has 1 N–H and O–H groups in total. The number of nitrogens with zero attached hydrogens (tertiary/aromatic N) is 1. The number of alkyl halides is 2. The van der Waals surface area contributed by atoms with Crippen molar-refractivity contribution in [2.75, 3.05) is 6.54 Å². The third-order valence-electron chi connectivity index (χ3n) is 3.44. The highest BCUT2D eigenvalue weighted by molar-refractivity contribution is 5.86. The van der Waals surface area contributed by atoms with Crippen molar-refractivity contribution in [1.29, 1.82) is 0 Å². The van der Waals surface area contributed by atoms with Crippen molar-refractivity contribution in [3.05, 3.63) is 58.6 Å². The number of carbonyl (C=O) groups excluding carboxylic acids is 2. The Morgan fingerprint density at radius 3 is 2.16 bits per heavy atom. The highest BCUT2D eigenvalue weighted by Crippen LogP contribution is 2.35. The van der Waals surface area contributed by atoms with E-state index in [0.717, 1.165) is 6.07 Å². The maximum absolute atomic E-state index is 14.2. The molecular formula is C20H20F2N2O7. The number of para-hydroxylation sites is 2. The molecule has 0 spiro atoms. The van der Waals surface area contributed by atoms with Crippen molar-refractivity contribution in [3.63, 3.8) is 0 Å². The Morgan fingerprint density at radius 2 is 1.61 bits per heavy atom. The number of carbonyl (C=O) groups is 2. The van der Waals surface area contributed by atoms with Crippen molar-refractivity contribution < 1.29 is 37.5 Å². The Hall–Kier alpha value is -3.76. The Morgan fingerprint density at radius 1 is 1.03 bits per heavy atom. The SMILES string of the molecule is CC(C)(C)OC(=O)CNC(=O)C(F)(F)Oc1ccccc1Oc1ccc([N+](=O)[O-])cc1. The molecule has 0 atom stereocenters. The van der Waals surface area contributed by atoms with Gasteiger partial charge in [0.2, 0.25) is 0 Å². The Balaban J connectivity index is 2.06. The Labute approximate surface area is 176 Å². The summed E-state index contributed by atoms with van der Waals surface area (Å²) in [6, 6.07) is 10.2. The monoisotopic (exact) mass is 438 g/mol. The summed E-state index contributed by atoms with van der Waals surface area (Å²) in [5, 5.41) is 12.5. The van der Waals surface area contributed by atoms with Gasteiger partial charge < -0.3 is 19.5 Å². The van der Waals surface area contributed by atoms with Crippen LogP contribution in [-0.2, 0) is 14.3 Å². The van der Waals surface area contributed by atoms with Gasteiger partial charge in [-0.05, 0) is 45.0 Å². The van der Waals surface area contributed by atoms with Gasteiger partial charge in [-0.3, -0.25) is 19.7 Å². The van der Waals surface area contributed by atoms with Crippen LogP contribution in [0.15, 0.2) is 48.5 Å². The fourth-order valence-corrected chi connectivity index (χ4v) is 2.20. The summed E-state index contributed by atoms with van der Waals surface area (Å²) in [4.78, 5) is 33.5. The van der Waals surface area contributed by atoms with Crippen LogP contribution in [0.4, 0.5) is 14.5 Å².